The molecule has 1 saturated heterocycles. The van der Waals surface area contributed by atoms with Gasteiger partial charge in [0.1, 0.15) is 0 Å². The molecule has 0 saturated carbocycles. The van der Waals surface area contributed by atoms with Crippen LogP contribution in [0, 0.1) is 0 Å². The highest BCUT2D eigenvalue weighted by Gasteiger charge is 2.52. The van der Waals surface area contributed by atoms with E-state index in [0.29, 0.717) is 24.4 Å². The number of amides is 2. The summed E-state index contributed by atoms with van der Waals surface area (Å²) >= 11 is 6.10. The lowest BCUT2D eigenvalue weighted by Crippen LogP contribution is -2.51. The summed E-state index contributed by atoms with van der Waals surface area (Å²) in [6.45, 7) is 0.346. The van der Waals surface area contributed by atoms with E-state index in [2.05, 4.69) is 5.32 Å². The maximum atomic E-state index is 13.3. The quantitative estimate of drug-likeness (QED) is 0.875. The van der Waals surface area contributed by atoms with Crippen molar-refractivity contribution in [3.05, 3.63) is 59.1 Å². The lowest BCUT2D eigenvalue weighted by molar-refractivity contribution is -0.128. The summed E-state index contributed by atoms with van der Waals surface area (Å²) in [6, 6.07) is 15.1. The Bertz CT molecular complexity index is 808. The Kier molecular flexibility index (Phi) is 3.16. The number of benzene rings is 2. The lowest BCUT2D eigenvalue weighted by Gasteiger charge is -2.32. The summed E-state index contributed by atoms with van der Waals surface area (Å²) in [5, 5.41) is 3.45. The second-order valence-electron chi connectivity index (χ2n) is 6.00. The summed E-state index contributed by atoms with van der Waals surface area (Å²) in [7, 11) is 0. The van der Waals surface area contributed by atoms with Gasteiger partial charge in [-0.25, -0.2) is 0 Å². The summed E-state index contributed by atoms with van der Waals surface area (Å²) in [4.78, 5) is 26.6. The molecule has 1 N–H and O–H groups in total. The van der Waals surface area contributed by atoms with Crippen LogP contribution in [0.25, 0.3) is 0 Å². The number of carbonyl (C=O) groups excluding carboxylic acids is 2. The fourth-order valence-electron chi connectivity index (χ4n) is 3.55. The van der Waals surface area contributed by atoms with Gasteiger partial charge in [0, 0.05) is 18.0 Å². The summed E-state index contributed by atoms with van der Waals surface area (Å²) in [6.07, 6.45) is 0.898. The maximum absolute atomic E-state index is 13.3. The van der Waals surface area contributed by atoms with E-state index in [-0.39, 0.29) is 11.8 Å². The zero-order valence-electron chi connectivity index (χ0n) is 12.4. The molecule has 2 aromatic rings. The summed E-state index contributed by atoms with van der Waals surface area (Å²) in [5.41, 5.74) is 1.93. The predicted molar refractivity (Wildman–Crippen MR) is 89.0 cm³/mol. The van der Waals surface area contributed by atoms with Gasteiger partial charge in [0.15, 0.2) is 0 Å². The molecule has 0 bridgehead atoms. The van der Waals surface area contributed by atoms with Gasteiger partial charge in [-0.1, -0.05) is 35.9 Å². The molecule has 2 aromatic carbocycles. The number of halogens is 1. The van der Waals surface area contributed by atoms with Crippen molar-refractivity contribution in [3.8, 4) is 0 Å². The molecule has 1 fully saturated rings. The van der Waals surface area contributed by atoms with Crippen molar-refractivity contribution in [1.82, 2.24) is 5.32 Å². The van der Waals surface area contributed by atoms with Crippen LogP contribution in [0.5, 0.6) is 0 Å². The molecule has 2 aliphatic heterocycles. The molecular formula is C18H15ClN2O2. The van der Waals surface area contributed by atoms with E-state index in [1.54, 1.807) is 17.0 Å². The number of hydrogen-bond acceptors (Lipinski definition) is 2. The van der Waals surface area contributed by atoms with Crippen molar-refractivity contribution in [3.63, 3.8) is 0 Å². The fourth-order valence-corrected chi connectivity index (χ4v) is 3.73. The standard InChI is InChI=1S/C18H15ClN2O2/c19-12-4-3-5-13(10-12)21-15-7-2-1-6-14(15)18(17(21)23)9-8-16(22)20-11-18/h1-7,10H,8-9,11H2,(H,20,22). The number of piperidine rings is 1. The lowest BCUT2D eigenvalue weighted by atomic mass is 9.75. The first-order valence-corrected chi connectivity index (χ1v) is 7.96. The van der Waals surface area contributed by atoms with Gasteiger partial charge >= 0.3 is 0 Å². The number of nitrogens with one attached hydrogen (secondary N) is 1. The smallest absolute Gasteiger partial charge is 0.244 e. The van der Waals surface area contributed by atoms with Crippen molar-refractivity contribution in [1.29, 1.82) is 0 Å². The normalized spacial score (nSPS) is 23.1. The predicted octanol–water partition coefficient (Wildman–Crippen LogP) is 3.17. The van der Waals surface area contributed by atoms with Crippen molar-refractivity contribution < 1.29 is 9.59 Å². The highest BCUT2D eigenvalue weighted by Crippen LogP contribution is 2.48. The molecule has 1 atom stereocenters. The number of para-hydroxylation sites is 1. The van der Waals surface area contributed by atoms with E-state index in [1.807, 2.05) is 36.4 Å². The summed E-state index contributed by atoms with van der Waals surface area (Å²) < 4.78 is 0. The number of anilines is 2. The molecule has 2 heterocycles. The summed E-state index contributed by atoms with van der Waals surface area (Å²) in [5.74, 6) is 0.00285. The van der Waals surface area contributed by atoms with E-state index in [9.17, 15) is 9.59 Å². The van der Waals surface area contributed by atoms with Crippen LogP contribution in [-0.2, 0) is 15.0 Å². The molecule has 0 aliphatic carbocycles. The van der Waals surface area contributed by atoms with Gasteiger partial charge in [-0.15, -0.1) is 0 Å². The van der Waals surface area contributed by atoms with Crippen molar-refractivity contribution >= 4 is 34.8 Å². The van der Waals surface area contributed by atoms with Crippen LogP contribution in [0.4, 0.5) is 11.4 Å². The van der Waals surface area contributed by atoms with Gasteiger partial charge in [0.2, 0.25) is 11.8 Å². The zero-order chi connectivity index (χ0) is 16.0. The van der Waals surface area contributed by atoms with E-state index < -0.39 is 5.41 Å². The molecule has 1 spiro atoms. The van der Waals surface area contributed by atoms with Crippen LogP contribution in [0.15, 0.2) is 48.5 Å². The van der Waals surface area contributed by atoms with E-state index >= 15 is 0 Å². The minimum Gasteiger partial charge on any atom is -0.355 e. The minimum atomic E-state index is -0.674. The van der Waals surface area contributed by atoms with Crippen LogP contribution in [0.2, 0.25) is 5.02 Å². The van der Waals surface area contributed by atoms with Crippen molar-refractivity contribution in [2.24, 2.45) is 0 Å². The van der Waals surface area contributed by atoms with Gasteiger partial charge in [-0.3, -0.25) is 14.5 Å². The Morgan fingerprint density at radius 2 is 1.91 bits per heavy atom. The van der Waals surface area contributed by atoms with E-state index in [4.69, 9.17) is 11.6 Å². The molecule has 23 heavy (non-hydrogen) atoms. The third-order valence-corrected chi connectivity index (χ3v) is 4.94. The minimum absolute atomic E-state index is 0.000895. The topological polar surface area (TPSA) is 49.4 Å². The van der Waals surface area contributed by atoms with Gasteiger partial charge in [0.25, 0.3) is 0 Å². The second-order valence-corrected chi connectivity index (χ2v) is 6.43. The van der Waals surface area contributed by atoms with Crippen LogP contribution in [-0.4, -0.2) is 18.4 Å². The molecule has 2 aliphatic rings. The number of nitrogens with zero attached hydrogens (tertiary/aromatic N) is 1. The second kappa shape index (κ2) is 5.10. The highest BCUT2D eigenvalue weighted by molar-refractivity contribution is 6.31. The average molecular weight is 327 g/mol. The van der Waals surface area contributed by atoms with Crippen molar-refractivity contribution in [2.45, 2.75) is 18.3 Å². The zero-order valence-corrected chi connectivity index (χ0v) is 13.1. The maximum Gasteiger partial charge on any atom is 0.244 e. The molecule has 4 nitrogen and oxygen atoms in total. The highest BCUT2D eigenvalue weighted by atomic mass is 35.5. The molecule has 116 valence electrons. The molecular weight excluding hydrogens is 312 g/mol. The Labute approximate surface area is 139 Å². The molecule has 0 aromatic heterocycles. The Morgan fingerprint density at radius 3 is 2.65 bits per heavy atom. The van der Waals surface area contributed by atoms with Crippen LogP contribution in [0.1, 0.15) is 18.4 Å². The number of carbonyl (C=O) groups is 2. The van der Waals surface area contributed by atoms with E-state index in [1.165, 1.54) is 0 Å². The SMILES string of the molecule is O=C1CCC2(CN1)C(=O)N(c1cccc(Cl)c1)c1ccccc12. The Balaban J connectivity index is 1.87. The monoisotopic (exact) mass is 326 g/mol. The van der Waals surface area contributed by atoms with Gasteiger partial charge in [0.05, 0.1) is 16.8 Å². The first-order valence-electron chi connectivity index (χ1n) is 7.58. The average Bonchev–Trinajstić information content (AvgIpc) is 2.79. The molecule has 1 unspecified atom stereocenters. The largest absolute Gasteiger partial charge is 0.355 e. The van der Waals surface area contributed by atoms with E-state index in [0.717, 1.165) is 16.9 Å². The Hall–Kier alpha value is -2.33. The first-order chi connectivity index (χ1) is 11.1. The molecule has 2 amide bonds. The van der Waals surface area contributed by atoms with Crippen LogP contribution < -0.4 is 10.2 Å². The number of hydrogen-bond donors (Lipinski definition) is 1. The van der Waals surface area contributed by atoms with Crippen LogP contribution in [0.3, 0.4) is 0 Å². The number of fused-ring (bicyclic) bond motifs is 2. The molecule has 4 rings (SSSR count). The van der Waals surface area contributed by atoms with Crippen molar-refractivity contribution in [2.75, 3.05) is 11.4 Å². The van der Waals surface area contributed by atoms with Gasteiger partial charge < -0.3 is 5.32 Å². The molecule has 5 heteroatoms. The van der Waals surface area contributed by atoms with Crippen LogP contribution >= 0.6 is 11.6 Å². The third kappa shape index (κ3) is 2.05. The fraction of sp³-hybridized carbons (Fsp3) is 0.222. The molecule has 0 radical (unpaired) electrons. The first kappa shape index (κ1) is 14.3. The number of rotatable bonds is 1. The van der Waals surface area contributed by atoms with Gasteiger partial charge in [-0.05, 0) is 36.2 Å². The van der Waals surface area contributed by atoms with Gasteiger partial charge in [-0.2, -0.15) is 0 Å². The Morgan fingerprint density at radius 1 is 1.09 bits per heavy atom. The third-order valence-electron chi connectivity index (χ3n) is 4.71.